The van der Waals surface area contributed by atoms with Crippen molar-refractivity contribution in [3.8, 4) is 0 Å². The van der Waals surface area contributed by atoms with E-state index in [2.05, 4.69) is 5.32 Å². The number of aliphatic hydroxyl groups excluding tert-OH is 1. The molecule has 2 saturated carbocycles. The van der Waals surface area contributed by atoms with Crippen molar-refractivity contribution in [1.82, 2.24) is 4.90 Å². The van der Waals surface area contributed by atoms with Gasteiger partial charge in [-0.3, -0.25) is 9.59 Å². The Balaban J connectivity index is 1.45. The van der Waals surface area contributed by atoms with Gasteiger partial charge in [0.15, 0.2) is 0 Å². The lowest BCUT2D eigenvalue weighted by Gasteiger charge is -2.22. The van der Waals surface area contributed by atoms with Gasteiger partial charge in [-0.05, 0) is 61.6 Å². The van der Waals surface area contributed by atoms with Gasteiger partial charge in [0, 0.05) is 31.6 Å². The van der Waals surface area contributed by atoms with Crippen LogP contribution in [-0.2, 0) is 16.0 Å². The fourth-order valence-electron chi connectivity index (χ4n) is 2.99. The van der Waals surface area contributed by atoms with Crippen LogP contribution in [-0.4, -0.2) is 41.5 Å². The molecule has 0 saturated heterocycles. The first kappa shape index (κ1) is 17.9. The normalized spacial score (nSPS) is 16.5. The number of nitrogens with one attached hydrogen (secondary N) is 1. The number of rotatable bonds is 10. The van der Waals surface area contributed by atoms with Gasteiger partial charge in [-0.25, -0.2) is 0 Å². The second-order valence-electron chi connectivity index (χ2n) is 7.39. The molecule has 0 unspecified atom stereocenters. The van der Waals surface area contributed by atoms with Crippen LogP contribution in [0.5, 0.6) is 0 Å². The first-order chi connectivity index (χ1) is 12.1. The summed E-state index contributed by atoms with van der Waals surface area (Å²) in [6.45, 7) is 1.03. The zero-order chi connectivity index (χ0) is 17.6. The van der Waals surface area contributed by atoms with Crippen molar-refractivity contribution in [3.05, 3.63) is 29.8 Å². The minimum absolute atomic E-state index is 0.00235. The summed E-state index contributed by atoms with van der Waals surface area (Å²) < 4.78 is 0. The maximum absolute atomic E-state index is 12.2. The molecule has 1 aromatic rings. The van der Waals surface area contributed by atoms with Crippen molar-refractivity contribution in [1.29, 1.82) is 0 Å². The van der Waals surface area contributed by atoms with Crippen LogP contribution in [0, 0.1) is 11.8 Å². The largest absolute Gasteiger partial charge is 0.395 e. The van der Waals surface area contributed by atoms with Crippen LogP contribution in [0.1, 0.15) is 44.1 Å². The third-order valence-corrected chi connectivity index (χ3v) is 4.96. The van der Waals surface area contributed by atoms with E-state index in [-0.39, 0.29) is 18.4 Å². The summed E-state index contributed by atoms with van der Waals surface area (Å²) in [5, 5.41) is 12.1. The summed E-state index contributed by atoms with van der Waals surface area (Å²) in [6.07, 6.45) is 6.67. The highest BCUT2D eigenvalue weighted by atomic mass is 16.3. The lowest BCUT2D eigenvalue weighted by atomic mass is 10.1. The van der Waals surface area contributed by atoms with Gasteiger partial charge in [-0.15, -0.1) is 0 Å². The van der Waals surface area contributed by atoms with Crippen molar-refractivity contribution in [3.63, 3.8) is 0 Å². The van der Waals surface area contributed by atoms with Gasteiger partial charge in [0.05, 0.1) is 6.61 Å². The van der Waals surface area contributed by atoms with Gasteiger partial charge in [0.1, 0.15) is 0 Å². The quantitative estimate of drug-likeness (QED) is 0.685. The average Bonchev–Trinajstić information content (AvgIpc) is 3.50. The molecule has 2 aliphatic carbocycles. The lowest BCUT2D eigenvalue weighted by Crippen LogP contribution is -2.35. The van der Waals surface area contributed by atoms with Gasteiger partial charge >= 0.3 is 0 Å². The fourth-order valence-corrected chi connectivity index (χ4v) is 2.99. The zero-order valence-electron chi connectivity index (χ0n) is 14.7. The number of anilines is 1. The molecule has 2 amide bonds. The Morgan fingerprint density at radius 3 is 2.24 bits per heavy atom. The first-order valence-electron chi connectivity index (χ1n) is 9.41. The molecule has 2 aliphatic rings. The molecule has 0 radical (unpaired) electrons. The van der Waals surface area contributed by atoms with Gasteiger partial charge in [0.25, 0.3) is 0 Å². The van der Waals surface area contributed by atoms with E-state index in [1.165, 1.54) is 12.8 Å². The molecule has 5 nitrogen and oxygen atoms in total. The predicted octanol–water partition coefficient (Wildman–Crippen LogP) is 2.59. The molecule has 2 fully saturated rings. The number of benzene rings is 1. The van der Waals surface area contributed by atoms with Gasteiger partial charge in [-0.1, -0.05) is 12.1 Å². The fraction of sp³-hybridized carbons (Fsp3) is 0.600. The number of aliphatic hydroxyl groups is 1. The minimum Gasteiger partial charge on any atom is -0.395 e. The molecule has 25 heavy (non-hydrogen) atoms. The van der Waals surface area contributed by atoms with Crippen LogP contribution in [0.3, 0.4) is 0 Å². The van der Waals surface area contributed by atoms with Crippen molar-refractivity contribution >= 4 is 17.5 Å². The van der Waals surface area contributed by atoms with Crippen LogP contribution in [0.4, 0.5) is 5.69 Å². The maximum atomic E-state index is 12.2. The van der Waals surface area contributed by atoms with E-state index in [1.807, 2.05) is 24.3 Å². The number of carbonyl (C=O) groups excluding carboxylic acids is 2. The van der Waals surface area contributed by atoms with Crippen LogP contribution >= 0.6 is 0 Å². The first-order valence-corrected chi connectivity index (χ1v) is 9.41. The molecule has 0 atom stereocenters. The van der Waals surface area contributed by atoms with Crippen molar-refractivity contribution < 1.29 is 14.7 Å². The Morgan fingerprint density at radius 1 is 1.00 bits per heavy atom. The molecule has 2 N–H and O–H groups in total. The summed E-state index contributed by atoms with van der Waals surface area (Å²) in [5.41, 5.74) is 1.95. The lowest BCUT2D eigenvalue weighted by molar-refractivity contribution is -0.132. The highest BCUT2D eigenvalue weighted by Gasteiger charge is 2.27. The van der Waals surface area contributed by atoms with E-state index in [1.54, 1.807) is 4.90 Å². The van der Waals surface area contributed by atoms with Crippen LogP contribution in [0.25, 0.3) is 0 Å². The Bertz CT molecular complexity index is 591. The summed E-state index contributed by atoms with van der Waals surface area (Å²) >= 11 is 0. The van der Waals surface area contributed by atoms with Gasteiger partial charge in [0.2, 0.25) is 11.8 Å². The van der Waals surface area contributed by atoms with Crippen molar-refractivity contribution in [2.45, 2.75) is 44.9 Å². The highest BCUT2D eigenvalue weighted by Crippen LogP contribution is 2.33. The summed E-state index contributed by atoms with van der Waals surface area (Å²) in [7, 11) is 0. The van der Waals surface area contributed by atoms with E-state index in [4.69, 9.17) is 0 Å². The molecular formula is C20H28N2O3. The Kier molecular flexibility index (Phi) is 6.08. The molecular weight excluding hydrogens is 316 g/mol. The zero-order valence-corrected chi connectivity index (χ0v) is 14.7. The van der Waals surface area contributed by atoms with E-state index in [0.29, 0.717) is 37.8 Å². The minimum atomic E-state index is 0.00235. The standard InChI is InChI=1S/C20H28N2O3/c23-12-11-22(20(25)14-17-3-4-17)10-9-15-5-7-18(8-6-15)21-19(24)13-16-1-2-16/h5-8,16-17,23H,1-4,9-14H2,(H,21,24). The second kappa shape index (κ2) is 8.48. The SMILES string of the molecule is O=C(CC1CC1)Nc1ccc(CCN(CCO)C(=O)CC2CC2)cc1. The van der Waals surface area contributed by atoms with E-state index < -0.39 is 0 Å². The highest BCUT2D eigenvalue weighted by molar-refractivity contribution is 5.91. The maximum Gasteiger partial charge on any atom is 0.224 e. The van der Waals surface area contributed by atoms with E-state index >= 15 is 0 Å². The van der Waals surface area contributed by atoms with E-state index in [0.717, 1.165) is 30.5 Å². The monoisotopic (exact) mass is 344 g/mol. The topological polar surface area (TPSA) is 69.6 Å². The molecule has 0 bridgehead atoms. The molecule has 136 valence electrons. The number of nitrogens with zero attached hydrogens (tertiary/aromatic N) is 1. The number of amides is 2. The third kappa shape index (κ3) is 6.16. The van der Waals surface area contributed by atoms with E-state index in [9.17, 15) is 14.7 Å². The number of hydrogen-bond donors (Lipinski definition) is 2. The smallest absolute Gasteiger partial charge is 0.224 e. The van der Waals surface area contributed by atoms with Crippen LogP contribution < -0.4 is 5.32 Å². The molecule has 5 heteroatoms. The molecule has 0 aliphatic heterocycles. The average molecular weight is 344 g/mol. The Labute approximate surface area is 149 Å². The van der Waals surface area contributed by atoms with Crippen LogP contribution in [0.2, 0.25) is 0 Å². The molecule has 0 heterocycles. The summed E-state index contributed by atoms with van der Waals surface area (Å²) in [6, 6.07) is 7.83. The van der Waals surface area contributed by atoms with Crippen molar-refractivity contribution in [2.75, 3.05) is 25.0 Å². The molecule has 1 aromatic carbocycles. The molecule has 0 spiro atoms. The van der Waals surface area contributed by atoms with Crippen molar-refractivity contribution in [2.24, 2.45) is 11.8 Å². The second-order valence-corrected chi connectivity index (χ2v) is 7.39. The predicted molar refractivity (Wildman–Crippen MR) is 97.1 cm³/mol. The van der Waals surface area contributed by atoms with Crippen LogP contribution in [0.15, 0.2) is 24.3 Å². The summed E-state index contributed by atoms with van der Waals surface area (Å²) in [4.78, 5) is 25.8. The molecule has 3 rings (SSSR count). The molecule has 0 aromatic heterocycles. The number of carbonyl (C=O) groups is 2. The summed E-state index contributed by atoms with van der Waals surface area (Å²) in [5.74, 6) is 1.40. The third-order valence-electron chi connectivity index (χ3n) is 4.96. The Hall–Kier alpha value is -1.88. The Morgan fingerprint density at radius 2 is 1.64 bits per heavy atom. The number of hydrogen-bond acceptors (Lipinski definition) is 3. The van der Waals surface area contributed by atoms with Gasteiger partial charge < -0.3 is 15.3 Å². The van der Waals surface area contributed by atoms with Gasteiger partial charge in [-0.2, -0.15) is 0 Å².